The molecule has 1 aromatic carbocycles. The summed E-state index contributed by atoms with van der Waals surface area (Å²) in [6, 6.07) is 6.57. The molecule has 3 aromatic heterocycles. The van der Waals surface area contributed by atoms with Gasteiger partial charge in [0.1, 0.15) is 17.4 Å². The van der Waals surface area contributed by atoms with Crippen molar-refractivity contribution < 1.29 is 23.1 Å². The van der Waals surface area contributed by atoms with E-state index in [2.05, 4.69) is 34.3 Å². The van der Waals surface area contributed by atoms with Crippen LogP contribution in [0.1, 0.15) is 40.2 Å². The molecule has 0 amide bonds. The van der Waals surface area contributed by atoms with Gasteiger partial charge in [-0.3, -0.25) is 4.79 Å². The van der Waals surface area contributed by atoms with E-state index in [0.29, 0.717) is 40.9 Å². The Morgan fingerprint density at radius 3 is 2.76 bits per heavy atom. The van der Waals surface area contributed by atoms with E-state index in [1.54, 1.807) is 12.1 Å². The quantitative estimate of drug-likeness (QED) is 0.435. The van der Waals surface area contributed by atoms with E-state index in [0.717, 1.165) is 5.39 Å². The Morgan fingerprint density at radius 2 is 2.03 bits per heavy atom. The van der Waals surface area contributed by atoms with Crippen molar-refractivity contribution in [2.75, 3.05) is 7.11 Å². The number of alkyl halides is 1. The van der Waals surface area contributed by atoms with E-state index in [1.807, 2.05) is 36.7 Å². The predicted octanol–water partition coefficient (Wildman–Crippen LogP) is 4.21. The van der Waals surface area contributed by atoms with Crippen molar-refractivity contribution in [1.82, 2.24) is 25.1 Å². The Bertz CT molecular complexity index is 1390. The zero-order valence-corrected chi connectivity index (χ0v) is 19.6. The number of hydrogen-bond acceptors (Lipinski definition) is 8. The van der Waals surface area contributed by atoms with Gasteiger partial charge in [-0.2, -0.15) is 4.98 Å². The van der Waals surface area contributed by atoms with Gasteiger partial charge in [0.05, 0.1) is 18.8 Å². The second-order valence-electron chi connectivity index (χ2n) is 9.85. The zero-order chi connectivity index (χ0) is 24.3. The van der Waals surface area contributed by atoms with Gasteiger partial charge in [0.15, 0.2) is 11.2 Å². The highest BCUT2D eigenvalue weighted by molar-refractivity contribution is 5.87. The first-order valence-electron chi connectivity index (χ1n) is 11.0. The summed E-state index contributed by atoms with van der Waals surface area (Å²) < 4.78 is 33.2. The fourth-order valence-corrected chi connectivity index (χ4v) is 5.06. The van der Waals surface area contributed by atoms with Gasteiger partial charge < -0.3 is 23.8 Å². The van der Waals surface area contributed by atoms with E-state index in [4.69, 9.17) is 13.9 Å². The maximum atomic E-state index is 15.5. The van der Waals surface area contributed by atoms with E-state index in [1.165, 1.54) is 7.11 Å². The summed E-state index contributed by atoms with van der Waals surface area (Å²) in [5.41, 5.74) is 1.56. The zero-order valence-electron chi connectivity index (χ0n) is 19.6. The minimum Gasteiger partial charge on any atom is -0.453 e. The van der Waals surface area contributed by atoms with Gasteiger partial charge in [-0.25, -0.2) is 4.39 Å². The first kappa shape index (κ1) is 22.3. The van der Waals surface area contributed by atoms with E-state index in [9.17, 15) is 4.79 Å². The third kappa shape index (κ3) is 3.67. The van der Waals surface area contributed by atoms with Crippen LogP contribution in [0, 0.1) is 0 Å². The Morgan fingerprint density at radius 1 is 1.24 bits per heavy atom. The molecule has 1 aliphatic heterocycles. The molecule has 0 radical (unpaired) electrons. The number of ether oxygens (including phenoxy) is 2. The monoisotopic (exact) mass is 467 g/mol. The Labute approximate surface area is 195 Å². The number of oxazole rings is 1. The molecule has 0 spiro atoms. The first-order valence-corrected chi connectivity index (χ1v) is 11.0. The highest BCUT2D eigenvalue weighted by atomic mass is 19.1. The topological polar surface area (TPSA) is 104 Å². The fourth-order valence-electron chi connectivity index (χ4n) is 5.06. The second-order valence-corrected chi connectivity index (χ2v) is 9.85. The Hall–Kier alpha value is -3.53. The van der Waals surface area contributed by atoms with Crippen molar-refractivity contribution >= 4 is 28.6 Å². The lowest BCUT2D eigenvalue weighted by Crippen LogP contribution is -2.64. The largest absolute Gasteiger partial charge is 0.453 e. The smallest absolute Gasteiger partial charge is 0.394 e. The van der Waals surface area contributed by atoms with Crippen molar-refractivity contribution in [3.63, 3.8) is 0 Å². The maximum Gasteiger partial charge on any atom is 0.394 e. The molecule has 34 heavy (non-hydrogen) atoms. The van der Waals surface area contributed by atoms with E-state index < -0.39 is 17.8 Å². The summed E-state index contributed by atoms with van der Waals surface area (Å²) in [7, 11) is 1.45. The van der Waals surface area contributed by atoms with Crippen molar-refractivity contribution in [2.24, 2.45) is 0 Å². The van der Waals surface area contributed by atoms with Crippen LogP contribution in [0.4, 0.5) is 4.39 Å². The first-order chi connectivity index (χ1) is 16.1. The number of benzene rings is 1. The standard InChI is InChI=1S/C24H26FN5O4/c1-23(2)11-17(20(25)24(3,4)29-23)30-7-6-13-8-15(27-28-21(13)30)14-9-19-16(10-18(14)33-12-31)26-22(32-5)34-19/h6-10,12,17,20,29H,11H2,1-5H3/t17-,20-/m0/s1. The third-order valence-corrected chi connectivity index (χ3v) is 6.32. The molecule has 0 aliphatic carbocycles. The van der Waals surface area contributed by atoms with Crippen LogP contribution in [0.3, 0.4) is 0 Å². The second kappa shape index (κ2) is 7.76. The average Bonchev–Trinajstić information content (AvgIpc) is 3.38. The van der Waals surface area contributed by atoms with Gasteiger partial charge in [-0.15, -0.1) is 10.2 Å². The highest BCUT2D eigenvalue weighted by Gasteiger charge is 2.47. The normalized spacial score (nSPS) is 21.6. The number of rotatable bonds is 5. The van der Waals surface area contributed by atoms with E-state index >= 15 is 4.39 Å². The summed E-state index contributed by atoms with van der Waals surface area (Å²) in [4.78, 5) is 15.3. The molecule has 2 atom stereocenters. The summed E-state index contributed by atoms with van der Waals surface area (Å²) >= 11 is 0. The average molecular weight is 468 g/mol. The number of aromatic nitrogens is 4. The summed E-state index contributed by atoms with van der Waals surface area (Å²) in [6.07, 6.45) is 1.43. The van der Waals surface area contributed by atoms with Crippen LogP contribution in [0.5, 0.6) is 11.8 Å². The lowest BCUT2D eigenvalue weighted by atomic mass is 9.78. The molecule has 0 unspecified atom stereocenters. The molecule has 0 bridgehead atoms. The number of carbonyl (C=O) groups excluding carboxylic acids is 1. The molecule has 10 heteroatoms. The van der Waals surface area contributed by atoms with Crippen LogP contribution < -0.4 is 14.8 Å². The number of carbonyl (C=O) groups is 1. The SMILES string of the molecule is COc1nc2cc(OC=O)c(-c3cc4ccn([C@H]5CC(C)(C)NC(C)(C)[C@H]5F)c4nn3)cc2o1. The number of piperidine rings is 1. The molecular weight excluding hydrogens is 441 g/mol. The molecule has 4 heterocycles. The Balaban J connectivity index is 1.59. The van der Waals surface area contributed by atoms with Crippen LogP contribution in [0.2, 0.25) is 0 Å². The minimum absolute atomic E-state index is 0.0939. The van der Waals surface area contributed by atoms with Gasteiger partial charge in [-0.1, -0.05) is 0 Å². The lowest BCUT2D eigenvalue weighted by Gasteiger charge is -2.49. The molecule has 1 N–H and O–H groups in total. The van der Waals surface area contributed by atoms with Gasteiger partial charge in [0.2, 0.25) is 0 Å². The fraction of sp³-hybridized carbons (Fsp3) is 0.417. The highest BCUT2D eigenvalue weighted by Crippen LogP contribution is 2.40. The lowest BCUT2D eigenvalue weighted by molar-refractivity contribution is -0.120. The molecule has 178 valence electrons. The van der Waals surface area contributed by atoms with Crippen molar-refractivity contribution in [2.45, 2.75) is 57.4 Å². The molecular formula is C24H26FN5O4. The van der Waals surface area contributed by atoms with Crippen molar-refractivity contribution in [1.29, 1.82) is 0 Å². The number of fused-ring (bicyclic) bond motifs is 2. The minimum atomic E-state index is -1.12. The summed E-state index contributed by atoms with van der Waals surface area (Å²) in [6.45, 7) is 8.25. The third-order valence-electron chi connectivity index (χ3n) is 6.32. The van der Waals surface area contributed by atoms with Gasteiger partial charge in [-0.05, 0) is 52.3 Å². The van der Waals surface area contributed by atoms with Crippen molar-refractivity contribution in [3.8, 4) is 23.1 Å². The Kier molecular flexibility index (Phi) is 5.09. The van der Waals surface area contributed by atoms with Crippen LogP contribution in [0.25, 0.3) is 33.4 Å². The molecule has 4 aromatic rings. The molecule has 1 fully saturated rings. The summed E-state index contributed by atoms with van der Waals surface area (Å²) in [5.74, 6) is 0.261. The molecule has 1 aliphatic rings. The molecule has 1 saturated heterocycles. The van der Waals surface area contributed by atoms with Crippen LogP contribution in [0.15, 0.2) is 34.9 Å². The van der Waals surface area contributed by atoms with Crippen LogP contribution in [-0.4, -0.2) is 50.6 Å². The van der Waals surface area contributed by atoms with Gasteiger partial charge in [0, 0.05) is 34.3 Å². The van der Waals surface area contributed by atoms with E-state index in [-0.39, 0.29) is 17.4 Å². The predicted molar refractivity (Wildman–Crippen MR) is 124 cm³/mol. The van der Waals surface area contributed by atoms with Crippen LogP contribution >= 0.6 is 0 Å². The van der Waals surface area contributed by atoms with Gasteiger partial charge >= 0.3 is 6.08 Å². The number of halogens is 1. The molecule has 5 rings (SSSR count). The van der Waals surface area contributed by atoms with Gasteiger partial charge in [0.25, 0.3) is 6.47 Å². The number of nitrogens with zero attached hydrogens (tertiary/aromatic N) is 4. The number of methoxy groups -OCH3 is 1. The number of hydrogen-bond donors (Lipinski definition) is 1. The molecule has 9 nitrogen and oxygen atoms in total. The maximum absolute atomic E-state index is 15.5. The van der Waals surface area contributed by atoms with Crippen molar-refractivity contribution in [3.05, 3.63) is 30.5 Å². The van der Waals surface area contributed by atoms with Crippen LogP contribution in [-0.2, 0) is 4.79 Å². The summed E-state index contributed by atoms with van der Waals surface area (Å²) in [5, 5.41) is 13.0. The number of nitrogens with one attached hydrogen (secondary N) is 1. The molecule has 0 saturated carbocycles.